The van der Waals surface area contributed by atoms with Crippen LogP contribution in [0.3, 0.4) is 0 Å². The number of hydrogen-bond donors (Lipinski definition) is 1. The van der Waals surface area contributed by atoms with E-state index in [0.29, 0.717) is 0 Å². The third-order valence-corrected chi connectivity index (χ3v) is 2.14. The third-order valence-electron chi connectivity index (χ3n) is 2.14. The molecule has 0 aromatic carbocycles. The molecule has 1 aromatic heterocycles. The van der Waals surface area contributed by atoms with Crippen LogP contribution < -0.4 is 5.63 Å². The molecule has 0 radical (unpaired) electrons. The van der Waals surface area contributed by atoms with Gasteiger partial charge in [0.15, 0.2) is 0 Å². The topological polar surface area (TPSA) is 46.0 Å². The molecule has 0 aliphatic rings. The Bertz CT molecular complexity index is 282. The zero-order valence-electron chi connectivity index (χ0n) is 7.10. The SMILES string of the molecule is CCC(C)(C)c1cc(=O)o[nH]1. The van der Waals surface area contributed by atoms with Gasteiger partial charge >= 0.3 is 5.63 Å². The monoisotopic (exact) mass is 155 g/mol. The molecule has 1 rings (SSSR count). The van der Waals surface area contributed by atoms with Crippen LogP contribution in [0.5, 0.6) is 0 Å². The molecular weight excluding hydrogens is 142 g/mol. The summed E-state index contributed by atoms with van der Waals surface area (Å²) in [6, 6.07) is 1.50. The molecular formula is C8H13NO2. The molecule has 0 aliphatic carbocycles. The van der Waals surface area contributed by atoms with E-state index in [0.717, 1.165) is 12.1 Å². The van der Waals surface area contributed by atoms with Crippen molar-refractivity contribution in [3.05, 3.63) is 22.2 Å². The van der Waals surface area contributed by atoms with Crippen molar-refractivity contribution >= 4 is 0 Å². The van der Waals surface area contributed by atoms with Crippen LogP contribution in [0, 0.1) is 0 Å². The van der Waals surface area contributed by atoms with Gasteiger partial charge in [0.25, 0.3) is 0 Å². The maximum atomic E-state index is 10.7. The van der Waals surface area contributed by atoms with Crippen molar-refractivity contribution in [1.82, 2.24) is 5.16 Å². The Labute approximate surface area is 65.4 Å². The van der Waals surface area contributed by atoms with Crippen molar-refractivity contribution in [2.75, 3.05) is 0 Å². The third kappa shape index (κ3) is 1.53. The molecule has 0 aliphatic heterocycles. The van der Waals surface area contributed by atoms with Gasteiger partial charge in [-0.05, 0) is 6.42 Å². The first-order valence-electron chi connectivity index (χ1n) is 3.75. The van der Waals surface area contributed by atoms with Crippen molar-refractivity contribution in [3.8, 4) is 0 Å². The van der Waals surface area contributed by atoms with Crippen molar-refractivity contribution in [2.24, 2.45) is 0 Å². The van der Waals surface area contributed by atoms with Crippen LogP contribution in [-0.2, 0) is 5.41 Å². The fourth-order valence-electron chi connectivity index (χ4n) is 0.806. The molecule has 0 fully saturated rings. The predicted octanol–water partition coefficient (Wildman–Crippen LogP) is 1.66. The smallest absolute Gasteiger partial charge is 0.339 e. The van der Waals surface area contributed by atoms with Crippen LogP contribution in [0.1, 0.15) is 32.9 Å². The minimum atomic E-state index is -0.304. The van der Waals surface area contributed by atoms with E-state index in [1.54, 1.807) is 0 Å². The lowest BCUT2D eigenvalue weighted by Gasteiger charge is -2.18. The molecule has 3 heteroatoms. The summed E-state index contributed by atoms with van der Waals surface area (Å²) in [4.78, 5) is 10.7. The van der Waals surface area contributed by atoms with Crippen LogP contribution in [0.2, 0.25) is 0 Å². The average molecular weight is 155 g/mol. The highest BCUT2D eigenvalue weighted by Crippen LogP contribution is 2.23. The quantitative estimate of drug-likeness (QED) is 0.705. The van der Waals surface area contributed by atoms with E-state index in [4.69, 9.17) is 0 Å². The van der Waals surface area contributed by atoms with Crippen molar-refractivity contribution in [1.29, 1.82) is 0 Å². The van der Waals surface area contributed by atoms with E-state index in [1.807, 2.05) is 0 Å². The Morgan fingerprint density at radius 1 is 1.64 bits per heavy atom. The molecule has 11 heavy (non-hydrogen) atoms. The molecule has 0 atom stereocenters. The molecule has 0 unspecified atom stereocenters. The summed E-state index contributed by atoms with van der Waals surface area (Å²) in [5.41, 5.74) is 0.568. The van der Waals surface area contributed by atoms with Gasteiger partial charge in [-0.25, -0.2) is 9.95 Å². The largest absolute Gasteiger partial charge is 0.357 e. The maximum absolute atomic E-state index is 10.7. The summed E-state index contributed by atoms with van der Waals surface area (Å²) < 4.78 is 4.57. The highest BCUT2D eigenvalue weighted by atomic mass is 16.5. The van der Waals surface area contributed by atoms with Crippen molar-refractivity contribution in [2.45, 2.75) is 32.6 Å². The summed E-state index contributed by atoms with van der Waals surface area (Å²) >= 11 is 0. The first-order valence-corrected chi connectivity index (χ1v) is 3.75. The van der Waals surface area contributed by atoms with Gasteiger partial charge in [-0.2, -0.15) is 0 Å². The molecule has 1 heterocycles. The molecule has 62 valence electrons. The Morgan fingerprint density at radius 3 is 2.64 bits per heavy atom. The lowest BCUT2D eigenvalue weighted by atomic mass is 9.87. The number of aromatic nitrogens is 1. The average Bonchev–Trinajstić information content (AvgIpc) is 2.36. The van der Waals surface area contributed by atoms with Gasteiger partial charge in [0, 0.05) is 11.5 Å². The first-order chi connectivity index (χ1) is 5.06. The van der Waals surface area contributed by atoms with Crippen LogP contribution in [0.25, 0.3) is 0 Å². The molecule has 0 bridgehead atoms. The fourth-order valence-corrected chi connectivity index (χ4v) is 0.806. The standard InChI is InChI=1S/C8H13NO2/c1-4-8(2,3)6-5-7(10)11-9-6/h5,9H,4H2,1-3H3. The highest BCUT2D eigenvalue weighted by molar-refractivity contribution is 5.09. The lowest BCUT2D eigenvalue weighted by Crippen LogP contribution is -2.15. The molecule has 1 aromatic rings. The Kier molecular flexibility index (Phi) is 1.89. The van der Waals surface area contributed by atoms with Crippen molar-refractivity contribution in [3.63, 3.8) is 0 Å². The number of rotatable bonds is 2. The molecule has 1 N–H and O–H groups in total. The number of aromatic amines is 1. The number of nitrogens with one attached hydrogen (secondary N) is 1. The predicted molar refractivity (Wildman–Crippen MR) is 42.6 cm³/mol. The second-order valence-electron chi connectivity index (χ2n) is 3.32. The molecule has 0 amide bonds. The van der Waals surface area contributed by atoms with Crippen LogP contribution in [0.4, 0.5) is 0 Å². The lowest BCUT2D eigenvalue weighted by molar-refractivity contribution is 0.362. The molecule has 0 saturated heterocycles. The second-order valence-corrected chi connectivity index (χ2v) is 3.32. The first kappa shape index (κ1) is 8.11. The van der Waals surface area contributed by atoms with E-state index in [9.17, 15) is 4.79 Å². The summed E-state index contributed by atoms with van der Waals surface area (Å²) in [6.07, 6.45) is 0.975. The highest BCUT2D eigenvalue weighted by Gasteiger charge is 2.20. The Morgan fingerprint density at radius 2 is 2.27 bits per heavy atom. The van der Waals surface area contributed by atoms with Gasteiger partial charge in [-0.3, -0.25) is 0 Å². The molecule has 0 saturated carbocycles. The van der Waals surface area contributed by atoms with E-state index < -0.39 is 0 Å². The summed E-state index contributed by atoms with van der Waals surface area (Å²) in [7, 11) is 0. The van der Waals surface area contributed by atoms with Gasteiger partial charge in [0.1, 0.15) is 0 Å². The number of H-pyrrole nitrogens is 1. The Hall–Kier alpha value is -0.990. The van der Waals surface area contributed by atoms with Gasteiger partial charge in [0.05, 0.1) is 5.69 Å². The fraction of sp³-hybridized carbons (Fsp3) is 0.625. The van der Waals surface area contributed by atoms with E-state index >= 15 is 0 Å². The van der Waals surface area contributed by atoms with Gasteiger partial charge < -0.3 is 4.52 Å². The minimum Gasteiger partial charge on any atom is -0.339 e. The minimum absolute atomic E-state index is 0.00611. The summed E-state index contributed by atoms with van der Waals surface area (Å²) in [6.45, 7) is 6.20. The summed E-state index contributed by atoms with van der Waals surface area (Å²) in [5, 5.41) is 2.61. The van der Waals surface area contributed by atoms with Crippen LogP contribution in [-0.4, -0.2) is 5.16 Å². The van der Waals surface area contributed by atoms with E-state index in [2.05, 4.69) is 30.5 Å². The number of hydrogen-bond acceptors (Lipinski definition) is 2. The van der Waals surface area contributed by atoms with E-state index in [-0.39, 0.29) is 11.0 Å². The van der Waals surface area contributed by atoms with Gasteiger partial charge in [0.2, 0.25) is 0 Å². The van der Waals surface area contributed by atoms with Gasteiger partial charge in [-0.15, -0.1) is 0 Å². The van der Waals surface area contributed by atoms with Crippen molar-refractivity contribution < 1.29 is 4.52 Å². The normalized spacial score (nSPS) is 11.9. The van der Waals surface area contributed by atoms with Crippen LogP contribution in [0.15, 0.2) is 15.4 Å². The Balaban J connectivity index is 3.01. The zero-order chi connectivity index (χ0) is 8.48. The maximum Gasteiger partial charge on any atom is 0.357 e. The van der Waals surface area contributed by atoms with E-state index in [1.165, 1.54) is 6.07 Å². The molecule has 3 nitrogen and oxygen atoms in total. The second kappa shape index (κ2) is 2.57. The van der Waals surface area contributed by atoms with Crippen LogP contribution >= 0.6 is 0 Å². The zero-order valence-corrected chi connectivity index (χ0v) is 7.10. The van der Waals surface area contributed by atoms with Gasteiger partial charge in [-0.1, -0.05) is 20.8 Å². The molecule has 0 spiro atoms. The summed E-state index contributed by atoms with van der Waals surface area (Å²) in [5.74, 6) is 0.